The molecule has 3 nitrogen and oxygen atoms in total. The maximum Gasteiger partial charge on any atom is 0.335 e. The molecule has 2 N–H and O–H groups in total. The number of fused-ring (bicyclic) bond motifs is 1. The molecule has 19 heavy (non-hydrogen) atoms. The normalized spacial score (nSPS) is 17.2. The van der Waals surface area contributed by atoms with Crippen molar-refractivity contribution in [2.24, 2.45) is 0 Å². The van der Waals surface area contributed by atoms with E-state index in [1.807, 2.05) is 18.2 Å². The number of aromatic carboxylic acids is 1. The summed E-state index contributed by atoms with van der Waals surface area (Å²) in [5, 5.41) is 12.6. The highest BCUT2D eigenvalue weighted by Crippen LogP contribution is 2.31. The average molecular weight is 252 g/mol. The van der Waals surface area contributed by atoms with E-state index in [2.05, 4.69) is 24.4 Å². The second kappa shape index (κ2) is 4.52. The lowest BCUT2D eigenvalue weighted by molar-refractivity contribution is 0.0696. The molecule has 1 heterocycles. The Morgan fingerprint density at radius 3 is 2.84 bits per heavy atom. The largest absolute Gasteiger partial charge is 0.478 e. The molecule has 0 saturated carbocycles. The Bertz CT molecular complexity index is 649. The highest BCUT2D eigenvalue weighted by molar-refractivity contribution is 5.90. The van der Waals surface area contributed by atoms with Crippen molar-refractivity contribution in [3.05, 3.63) is 77.2 Å². The third-order valence-corrected chi connectivity index (χ3v) is 3.56. The van der Waals surface area contributed by atoms with Gasteiger partial charge in [0.15, 0.2) is 0 Å². The minimum absolute atomic E-state index is 0.0647. The SMILES string of the molecule is [CH2]c1ccc(C2NCc3ccccc32)cc1C(=O)O. The molecule has 0 saturated heterocycles. The quantitative estimate of drug-likeness (QED) is 0.864. The van der Waals surface area contributed by atoms with Gasteiger partial charge in [0.2, 0.25) is 0 Å². The predicted molar refractivity (Wildman–Crippen MR) is 73.0 cm³/mol. The first-order valence-electron chi connectivity index (χ1n) is 6.17. The number of carboxylic acid groups (broad SMARTS) is 1. The molecule has 95 valence electrons. The molecule has 0 spiro atoms. The van der Waals surface area contributed by atoms with E-state index in [1.165, 1.54) is 11.1 Å². The third kappa shape index (κ3) is 2.02. The molecular weight excluding hydrogens is 238 g/mol. The van der Waals surface area contributed by atoms with Crippen molar-refractivity contribution >= 4 is 5.97 Å². The maximum absolute atomic E-state index is 11.2. The molecule has 0 aromatic heterocycles. The molecule has 3 heteroatoms. The second-order valence-electron chi connectivity index (χ2n) is 4.73. The van der Waals surface area contributed by atoms with Gasteiger partial charge in [-0.15, -0.1) is 0 Å². The Morgan fingerprint density at radius 1 is 1.26 bits per heavy atom. The second-order valence-corrected chi connectivity index (χ2v) is 4.73. The van der Waals surface area contributed by atoms with Crippen LogP contribution in [-0.2, 0) is 6.54 Å². The third-order valence-electron chi connectivity index (χ3n) is 3.56. The first kappa shape index (κ1) is 11.9. The molecule has 2 aromatic rings. The monoisotopic (exact) mass is 252 g/mol. The minimum atomic E-state index is -0.932. The molecule has 1 aliphatic rings. The topological polar surface area (TPSA) is 49.3 Å². The molecule has 1 radical (unpaired) electrons. The van der Waals surface area contributed by atoms with E-state index in [1.54, 1.807) is 12.1 Å². The van der Waals surface area contributed by atoms with Gasteiger partial charge in [-0.05, 0) is 35.2 Å². The molecule has 1 unspecified atom stereocenters. The highest BCUT2D eigenvalue weighted by atomic mass is 16.4. The van der Waals surface area contributed by atoms with E-state index >= 15 is 0 Å². The van der Waals surface area contributed by atoms with Crippen molar-refractivity contribution in [1.29, 1.82) is 0 Å². The summed E-state index contributed by atoms with van der Waals surface area (Å²) in [7, 11) is 0. The summed E-state index contributed by atoms with van der Waals surface area (Å²) in [4.78, 5) is 11.2. The van der Waals surface area contributed by atoms with E-state index in [0.29, 0.717) is 5.56 Å². The van der Waals surface area contributed by atoms with Gasteiger partial charge in [-0.3, -0.25) is 0 Å². The van der Waals surface area contributed by atoms with Crippen LogP contribution in [0.3, 0.4) is 0 Å². The van der Waals surface area contributed by atoms with E-state index in [-0.39, 0.29) is 11.6 Å². The number of hydrogen-bond donors (Lipinski definition) is 2. The minimum Gasteiger partial charge on any atom is -0.478 e. The molecular formula is C16H14NO2. The average Bonchev–Trinajstić information content (AvgIpc) is 2.83. The number of benzene rings is 2. The summed E-state index contributed by atoms with van der Waals surface area (Å²) in [5.74, 6) is -0.932. The lowest BCUT2D eigenvalue weighted by Crippen LogP contribution is -2.14. The van der Waals surface area contributed by atoms with Gasteiger partial charge in [0, 0.05) is 6.54 Å². The number of nitrogens with one attached hydrogen (secondary N) is 1. The van der Waals surface area contributed by atoms with Crippen LogP contribution in [0.15, 0.2) is 42.5 Å². The number of carbonyl (C=O) groups is 1. The van der Waals surface area contributed by atoms with Crippen molar-refractivity contribution in [3.63, 3.8) is 0 Å². The summed E-state index contributed by atoms with van der Waals surface area (Å²) in [6.45, 7) is 4.57. The lowest BCUT2D eigenvalue weighted by atomic mass is 9.95. The summed E-state index contributed by atoms with van der Waals surface area (Å²) in [5.41, 5.74) is 4.26. The van der Waals surface area contributed by atoms with Crippen LogP contribution in [-0.4, -0.2) is 11.1 Å². The van der Waals surface area contributed by atoms with Crippen LogP contribution in [0.4, 0.5) is 0 Å². The first-order chi connectivity index (χ1) is 9.16. The smallest absolute Gasteiger partial charge is 0.335 e. The fourth-order valence-corrected chi connectivity index (χ4v) is 2.57. The van der Waals surface area contributed by atoms with Gasteiger partial charge in [-0.2, -0.15) is 0 Å². The Kier molecular flexibility index (Phi) is 2.84. The van der Waals surface area contributed by atoms with Crippen LogP contribution >= 0.6 is 0 Å². The molecule has 0 fully saturated rings. The van der Waals surface area contributed by atoms with Crippen LogP contribution in [0, 0.1) is 6.92 Å². The van der Waals surface area contributed by atoms with Crippen molar-refractivity contribution in [3.8, 4) is 0 Å². The van der Waals surface area contributed by atoms with E-state index in [0.717, 1.165) is 12.1 Å². The molecule has 0 aliphatic carbocycles. The standard InChI is InChI=1S/C16H14NO2/c1-10-6-7-11(8-14(10)16(18)19)15-13-5-3-2-4-12(13)9-17-15/h2-8,15,17H,1,9H2,(H,18,19). The van der Waals surface area contributed by atoms with Crippen molar-refractivity contribution < 1.29 is 9.90 Å². The van der Waals surface area contributed by atoms with E-state index in [4.69, 9.17) is 5.11 Å². The molecule has 2 aromatic carbocycles. The predicted octanol–water partition coefficient (Wildman–Crippen LogP) is 2.76. The van der Waals surface area contributed by atoms with Crippen molar-refractivity contribution in [1.82, 2.24) is 5.32 Å². The number of rotatable bonds is 2. The Labute approximate surface area is 111 Å². The molecule has 1 atom stereocenters. The molecule has 0 amide bonds. The zero-order valence-corrected chi connectivity index (χ0v) is 10.4. The fourth-order valence-electron chi connectivity index (χ4n) is 2.57. The Hall–Kier alpha value is -2.13. The molecule has 0 bridgehead atoms. The zero-order valence-electron chi connectivity index (χ0n) is 10.4. The fraction of sp³-hybridized carbons (Fsp3) is 0.125. The van der Waals surface area contributed by atoms with Crippen LogP contribution in [0.1, 0.15) is 38.7 Å². The molecule has 1 aliphatic heterocycles. The van der Waals surface area contributed by atoms with Gasteiger partial charge < -0.3 is 10.4 Å². The van der Waals surface area contributed by atoms with Gasteiger partial charge in [0.25, 0.3) is 0 Å². The molecule has 3 rings (SSSR count). The van der Waals surface area contributed by atoms with Crippen molar-refractivity contribution in [2.75, 3.05) is 0 Å². The van der Waals surface area contributed by atoms with Gasteiger partial charge >= 0.3 is 5.97 Å². The van der Waals surface area contributed by atoms with Crippen LogP contribution in [0.5, 0.6) is 0 Å². The van der Waals surface area contributed by atoms with E-state index in [9.17, 15) is 4.79 Å². The lowest BCUT2D eigenvalue weighted by Gasteiger charge is -2.14. The van der Waals surface area contributed by atoms with Crippen LogP contribution in [0.25, 0.3) is 0 Å². The first-order valence-corrected chi connectivity index (χ1v) is 6.17. The van der Waals surface area contributed by atoms with Crippen LogP contribution < -0.4 is 5.32 Å². The summed E-state index contributed by atoms with van der Waals surface area (Å²) >= 11 is 0. The van der Waals surface area contributed by atoms with Gasteiger partial charge in [-0.1, -0.05) is 36.4 Å². The maximum atomic E-state index is 11.2. The van der Waals surface area contributed by atoms with E-state index < -0.39 is 5.97 Å². The summed E-state index contributed by atoms with van der Waals surface area (Å²) in [6, 6.07) is 13.7. The number of hydrogen-bond acceptors (Lipinski definition) is 2. The summed E-state index contributed by atoms with van der Waals surface area (Å²) in [6.07, 6.45) is 0. The number of carboxylic acids is 1. The van der Waals surface area contributed by atoms with Crippen LogP contribution in [0.2, 0.25) is 0 Å². The van der Waals surface area contributed by atoms with Crippen molar-refractivity contribution in [2.45, 2.75) is 12.6 Å². The zero-order chi connectivity index (χ0) is 13.4. The van der Waals surface area contributed by atoms with Gasteiger partial charge in [0.05, 0.1) is 11.6 Å². The summed E-state index contributed by atoms with van der Waals surface area (Å²) < 4.78 is 0. The highest BCUT2D eigenvalue weighted by Gasteiger charge is 2.23. The van der Waals surface area contributed by atoms with Gasteiger partial charge in [-0.25, -0.2) is 4.79 Å². The Balaban J connectivity index is 2.05. The Morgan fingerprint density at radius 2 is 2.05 bits per heavy atom. The van der Waals surface area contributed by atoms with Gasteiger partial charge in [0.1, 0.15) is 0 Å².